The Kier molecular flexibility index (Phi) is 8.81. The highest BCUT2D eigenvalue weighted by molar-refractivity contribution is 5.82. The van der Waals surface area contributed by atoms with Crippen molar-refractivity contribution >= 4 is 23.9 Å². The lowest BCUT2D eigenvalue weighted by atomic mass is 9.99. The second kappa shape index (κ2) is 10.6. The quantitative estimate of drug-likeness (QED) is 0.447. The van der Waals surface area contributed by atoms with Gasteiger partial charge < -0.3 is 18.9 Å². The Labute approximate surface area is 152 Å². The third-order valence-electron chi connectivity index (χ3n) is 3.61. The zero-order chi connectivity index (χ0) is 19.7. The van der Waals surface area contributed by atoms with Crippen molar-refractivity contribution < 1.29 is 38.1 Å². The third kappa shape index (κ3) is 9.19. The van der Waals surface area contributed by atoms with E-state index in [1.54, 1.807) is 13.0 Å². The first-order chi connectivity index (χ1) is 12.2. The summed E-state index contributed by atoms with van der Waals surface area (Å²) in [5, 5.41) is 0. The van der Waals surface area contributed by atoms with Crippen molar-refractivity contribution in [2.45, 2.75) is 77.8 Å². The lowest BCUT2D eigenvalue weighted by Gasteiger charge is -2.28. The van der Waals surface area contributed by atoms with Crippen LogP contribution in [0.4, 0.5) is 0 Å². The van der Waals surface area contributed by atoms with E-state index in [4.69, 9.17) is 18.9 Å². The van der Waals surface area contributed by atoms with Crippen molar-refractivity contribution in [3.63, 3.8) is 0 Å². The molecule has 0 aromatic heterocycles. The van der Waals surface area contributed by atoms with Gasteiger partial charge >= 0.3 is 23.9 Å². The molecule has 0 radical (unpaired) electrons. The van der Waals surface area contributed by atoms with Crippen molar-refractivity contribution in [1.29, 1.82) is 0 Å². The molecule has 1 aliphatic rings. The van der Waals surface area contributed by atoms with Crippen LogP contribution in [0.3, 0.4) is 0 Å². The van der Waals surface area contributed by atoms with Gasteiger partial charge in [-0.15, -0.1) is 0 Å². The molecule has 4 atom stereocenters. The van der Waals surface area contributed by atoms with E-state index in [0.29, 0.717) is 6.42 Å². The van der Waals surface area contributed by atoms with Crippen molar-refractivity contribution in [2.75, 3.05) is 0 Å². The lowest BCUT2D eigenvalue weighted by molar-refractivity contribution is -0.157. The Balaban J connectivity index is 2.75. The standard InChI is InChI=1S/C18H26O8/c1-11(23-12(2)19)8-16(24-13(3)20)10-17(25-14(4)21)9-15-6-5-7-18(22)26-15/h5,7,11,15-17H,6,8-10H2,1-4H3. The number of esters is 4. The fourth-order valence-corrected chi connectivity index (χ4v) is 2.85. The summed E-state index contributed by atoms with van der Waals surface area (Å²) < 4.78 is 20.9. The van der Waals surface area contributed by atoms with Crippen LogP contribution in [0.2, 0.25) is 0 Å². The van der Waals surface area contributed by atoms with E-state index in [-0.39, 0.29) is 19.3 Å². The number of hydrogen-bond acceptors (Lipinski definition) is 8. The molecule has 0 N–H and O–H groups in total. The largest absolute Gasteiger partial charge is 0.463 e. The van der Waals surface area contributed by atoms with Crippen LogP contribution in [0.5, 0.6) is 0 Å². The molecule has 1 aliphatic heterocycles. The molecule has 0 amide bonds. The van der Waals surface area contributed by atoms with Crippen LogP contribution in [0, 0.1) is 0 Å². The lowest BCUT2D eigenvalue weighted by Crippen LogP contribution is -2.33. The van der Waals surface area contributed by atoms with Crippen LogP contribution in [-0.4, -0.2) is 48.3 Å². The average Bonchev–Trinajstić information content (AvgIpc) is 2.44. The van der Waals surface area contributed by atoms with Gasteiger partial charge in [0.15, 0.2) is 0 Å². The van der Waals surface area contributed by atoms with Gasteiger partial charge in [0.1, 0.15) is 24.4 Å². The van der Waals surface area contributed by atoms with Crippen molar-refractivity contribution in [1.82, 2.24) is 0 Å². The molecule has 8 nitrogen and oxygen atoms in total. The highest BCUT2D eigenvalue weighted by Crippen LogP contribution is 2.21. The van der Waals surface area contributed by atoms with Crippen LogP contribution < -0.4 is 0 Å². The van der Waals surface area contributed by atoms with Crippen LogP contribution in [0.1, 0.15) is 53.4 Å². The van der Waals surface area contributed by atoms with Crippen LogP contribution in [0.25, 0.3) is 0 Å². The third-order valence-corrected chi connectivity index (χ3v) is 3.61. The zero-order valence-electron chi connectivity index (χ0n) is 15.6. The maximum absolute atomic E-state index is 11.4. The molecular formula is C18H26O8. The second-order valence-corrected chi connectivity index (χ2v) is 6.29. The van der Waals surface area contributed by atoms with E-state index >= 15 is 0 Å². The summed E-state index contributed by atoms with van der Waals surface area (Å²) in [6, 6.07) is 0. The minimum Gasteiger partial charge on any atom is -0.463 e. The topological polar surface area (TPSA) is 105 Å². The van der Waals surface area contributed by atoms with Gasteiger partial charge in [-0.25, -0.2) is 4.79 Å². The minimum absolute atomic E-state index is 0.211. The molecule has 0 saturated heterocycles. The average molecular weight is 370 g/mol. The Morgan fingerprint density at radius 3 is 2.15 bits per heavy atom. The van der Waals surface area contributed by atoms with Gasteiger partial charge in [-0.05, 0) is 6.92 Å². The summed E-state index contributed by atoms with van der Waals surface area (Å²) in [7, 11) is 0. The number of hydrogen-bond donors (Lipinski definition) is 0. The van der Waals surface area contributed by atoms with Crippen LogP contribution in [-0.2, 0) is 38.1 Å². The predicted molar refractivity (Wildman–Crippen MR) is 89.8 cm³/mol. The van der Waals surface area contributed by atoms with Crippen LogP contribution in [0.15, 0.2) is 12.2 Å². The Morgan fingerprint density at radius 1 is 1.04 bits per heavy atom. The first kappa shape index (κ1) is 21.7. The smallest absolute Gasteiger partial charge is 0.330 e. The normalized spacial score (nSPS) is 19.7. The molecule has 0 aliphatic carbocycles. The number of cyclic esters (lactones) is 1. The fourth-order valence-electron chi connectivity index (χ4n) is 2.85. The van der Waals surface area contributed by atoms with E-state index in [2.05, 4.69) is 0 Å². The summed E-state index contributed by atoms with van der Waals surface area (Å²) in [6.45, 7) is 5.54. The molecule has 8 heteroatoms. The van der Waals surface area contributed by atoms with Gasteiger partial charge in [-0.1, -0.05) is 6.08 Å². The summed E-state index contributed by atoms with van der Waals surface area (Å²) in [4.78, 5) is 45.2. The van der Waals surface area contributed by atoms with Gasteiger partial charge in [-0.2, -0.15) is 0 Å². The number of ether oxygens (including phenoxy) is 4. The Bertz CT molecular complexity index is 553. The van der Waals surface area contributed by atoms with Gasteiger partial charge in [0, 0.05) is 52.5 Å². The molecule has 0 saturated carbocycles. The van der Waals surface area contributed by atoms with Gasteiger partial charge in [-0.3, -0.25) is 14.4 Å². The number of carbonyl (C=O) groups is 4. The molecule has 4 unspecified atom stereocenters. The van der Waals surface area contributed by atoms with Crippen LogP contribution >= 0.6 is 0 Å². The molecule has 0 fully saturated rings. The van der Waals surface area contributed by atoms with E-state index in [0.717, 1.165) is 0 Å². The molecule has 1 heterocycles. The summed E-state index contributed by atoms with van der Waals surface area (Å²) in [6.07, 6.45) is 2.23. The first-order valence-electron chi connectivity index (χ1n) is 8.54. The zero-order valence-corrected chi connectivity index (χ0v) is 15.6. The number of carbonyl (C=O) groups excluding carboxylic acids is 4. The van der Waals surface area contributed by atoms with Crippen molar-refractivity contribution in [2.24, 2.45) is 0 Å². The molecule has 0 aromatic rings. The fraction of sp³-hybridized carbons (Fsp3) is 0.667. The molecule has 146 valence electrons. The molecule has 26 heavy (non-hydrogen) atoms. The van der Waals surface area contributed by atoms with Crippen molar-refractivity contribution in [3.8, 4) is 0 Å². The van der Waals surface area contributed by atoms with Gasteiger partial charge in [0.25, 0.3) is 0 Å². The molecule has 0 aromatic carbocycles. The highest BCUT2D eigenvalue weighted by atomic mass is 16.6. The second-order valence-electron chi connectivity index (χ2n) is 6.29. The van der Waals surface area contributed by atoms with E-state index in [1.807, 2.05) is 0 Å². The summed E-state index contributed by atoms with van der Waals surface area (Å²) in [5.74, 6) is -1.85. The van der Waals surface area contributed by atoms with Crippen molar-refractivity contribution in [3.05, 3.63) is 12.2 Å². The van der Waals surface area contributed by atoms with E-state index < -0.39 is 48.3 Å². The molecule has 0 spiro atoms. The summed E-state index contributed by atoms with van der Waals surface area (Å²) >= 11 is 0. The monoisotopic (exact) mass is 370 g/mol. The van der Waals surface area contributed by atoms with E-state index in [1.165, 1.54) is 26.8 Å². The Hall–Kier alpha value is -2.38. The molecule has 0 bridgehead atoms. The predicted octanol–water partition coefficient (Wildman–Crippen LogP) is 1.84. The summed E-state index contributed by atoms with van der Waals surface area (Å²) in [5.41, 5.74) is 0. The SMILES string of the molecule is CC(=O)OC(C)CC(CC(CC1CC=CC(=O)O1)OC(C)=O)OC(C)=O. The van der Waals surface area contributed by atoms with Gasteiger partial charge in [0.05, 0.1) is 0 Å². The maximum atomic E-state index is 11.4. The van der Waals surface area contributed by atoms with E-state index in [9.17, 15) is 19.2 Å². The highest BCUT2D eigenvalue weighted by Gasteiger charge is 2.28. The Morgan fingerprint density at radius 2 is 1.62 bits per heavy atom. The maximum Gasteiger partial charge on any atom is 0.330 e. The first-order valence-corrected chi connectivity index (χ1v) is 8.54. The van der Waals surface area contributed by atoms with Gasteiger partial charge in [0.2, 0.25) is 0 Å². The number of rotatable bonds is 9. The minimum atomic E-state index is -0.610. The molecular weight excluding hydrogens is 344 g/mol. The molecule has 1 rings (SSSR count).